The van der Waals surface area contributed by atoms with Gasteiger partial charge in [0.1, 0.15) is 0 Å². The molecule has 1 aliphatic heterocycles. The molecular weight excluding hydrogens is 284 g/mol. The Kier molecular flexibility index (Phi) is 4.08. The maximum Gasteiger partial charge on any atom is 0.178 e. The highest BCUT2D eigenvalue weighted by Gasteiger charge is 2.40. The number of nitrogens with two attached hydrogens (primary N) is 1. The number of hydrogen-bond donors (Lipinski definition) is 2. The van der Waals surface area contributed by atoms with Gasteiger partial charge in [0, 0.05) is 6.54 Å². The van der Waals surface area contributed by atoms with Gasteiger partial charge in [-0.25, -0.2) is 8.42 Å². The van der Waals surface area contributed by atoms with E-state index in [1.165, 1.54) is 19.3 Å². The fourth-order valence-electron chi connectivity index (χ4n) is 3.45. The summed E-state index contributed by atoms with van der Waals surface area (Å²) >= 11 is 0. The Morgan fingerprint density at radius 2 is 2.05 bits per heavy atom. The Morgan fingerprint density at radius 3 is 2.71 bits per heavy atom. The minimum atomic E-state index is -3.15. The van der Waals surface area contributed by atoms with Gasteiger partial charge in [0.2, 0.25) is 0 Å². The third-order valence-electron chi connectivity index (χ3n) is 5.12. The standard InChI is InChI=1S/C16H24N2O2S/c17-12-16(18-10-8-13-4-3-5-13)9-11-21(19,20)15-7-2-1-6-14(15)16/h1-2,6-7,13,18H,3-5,8-12,17H2. The van der Waals surface area contributed by atoms with E-state index in [0.29, 0.717) is 17.9 Å². The molecule has 4 nitrogen and oxygen atoms in total. The van der Waals surface area contributed by atoms with E-state index in [1.54, 1.807) is 12.1 Å². The molecular formula is C16H24N2O2S. The molecule has 116 valence electrons. The molecule has 0 bridgehead atoms. The highest BCUT2D eigenvalue weighted by molar-refractivity contribution is 7.91. The molecule has 0 aromatic heterocycles. The molecule has 1 unspecified atom stereocenters. The number of fused-ring (bicyclic) bond motifs is 1. The summed E-state index contributed by atoms with van der Waals surface area (Å²) in [5, 5.41) is 3.59. The summed E-state index contributed by atoms with van der Waals surface area (Å²) < 4.78 is 24.5. The Labute approximate surface area is 127 Å². The van der Waals surface area contributed by atoms with Crippen LogP contribution >= 0.6 is 0 Å². The monoisotopic (exact) mass is 308 g/mol. The predicted octanol–water partition coefficient (Wildman–Crippen LogP) is 1.80. The largest absolute Gasteiger partial charge is 0.328 e. The average molecular weight is 308 g/mol. The van der Waals surface area contributed by atoms with Crippen molar-refractivity contribution < 1.29 is 8.42 Å². The number of benzene rings is 1. The summed E-state index contributed by atoms with van der Waals surface area (Å²) in [5.41, 5.74) is 6.52. The quantitative estimate of drug-likeness (QED) is 0.870. The molecule has 1 saturated carbocycles. The first-order valence-corrected chi connectivity index (χ1v) is 9.50. The summed E-state index contributed by atoms with van der Waals surface area (Å²) in [4.78, 5) is 0.456. The Balaban J connectivity index is 1.83. The zero-order valence-electron chi connectivity index (χ0n) is 12.3. The van der Waals surface area contributed by atoms with Crippen molar-refractivity contribution in [2.75, 3.05) is 18.8 Å². The van der Waals surface area contributed by atoms with Crippen molar-refractivity contribution in [3.05, 3.63) is 29.8 Å². The summed E-state index contributed by atoms with van der Waals surface area (Å²) in [5.74, 6) is 1.02. The summed E-state index contributed by atoms with van der Waals surface area (Å²) in [7, 11) is -3.15. The van der Waals surface area contributed by atoms with Crippen molar-refractivity contribution >= 4 is 9.84 Å². The van der Waals surface area contributed by atoms with Crippen molar-refractivity contribution in [2.45, 2.75) is 42.5 Å². The van der Waals surface area contributed by atoms with Crippen LogP contribution in [0.2, 0.25) is 0 Å². The summed E-state index contributed by atoms with van der Waals surface area (Å²) in [6.07, 6.45) is 5.75. The molecule has 21 heavy (non-hydrogen) atoms. The van der Waals surface area contributed by atoms with E-state index in [9.17, 15) is 8.42 Å². The second kappa shape index (κ2) is 5.71. The van der Waals surface area contributed by atoms with E-state index in [1.807, 2.05) is 12.1 Å². The van der Waals surface area contributed by atoms with Crippen LogP contribution in [-0.2, 0) is 15.4 Å². The van der Waals surface area contributed by atoms with Crippen molar-refractivity contribution in [3.63, 3.8) is 0 Å². The predicted molar refractivity (Wildman–Crippen MR) is 83.8 cm³/mol. The minimum Gasteiger partial charge on any atom is -0.328 e. The lowest BCUT2D eigenvalue weighted by atomic mass is 9.82. The Bertz CT molecular complexity index is 610. The normalized spacial score (nSPS) is 27.9. The van der Waals surface area contributed by atoms with Crippen LogP contribution < -0.4 is 11.1 Å². The van der Waals surface area contributed by atoms with Crippen LogP contribution in [0.4, 0.5) is 0 Å². The third-order valence-corrected chi connectivity index (χ3v) is 6.89. The maximum atomic E-state index is 12.2. The molecule has 0 saturated heterocycles. The molecule has 1 aromatic rings. The number of hydrogen-bond acceptors (Lipinski definition) is 4. The zero-order chi connectivity index (χ0) is 14.9. The fourth-order valence-corrected chi connectivity index (χ4v) is 5.17. The molecule has 1 atom stereocenters. The van der Waals surface area contributed by atoms with Gasteiger partial charge in [-0.15, -0.1) is 0 Å². The smallest absolute Gasteiger partial charge is 0.178 e. The van der Waals surface area contributed by atoms with E-state index < -0.39 is 9.84 Å². The van der Waals surface area contributed by atoms with Crippen LogP contribution in [-0.4, -0.2) is 27.3 Å². The van der Waals surface area contributed by atoms with Gasteiger partial charge in [0.25, 0.3) is 0 Å². The lowest BCUT2D eigenvalue weighted by Gasteiger charge is -2.39. The third kappa shape index (κ3) is 2.74. The molecule has 0 spiro atoms. The molecule has 1 aliphatic carbocycles. The maximum absolute atomic E-state index is 12.2. The van der Waals surface area contributed by atoms with Gasteiger partial charge in [0.05, 0.1) is 16.2 Å². The first-order valence-electron chi connectivity index (χ1n) is 7.85. The van der Waals surface area contributed by atoms with E-state index in [0.717, 1.165) is 24.4 Å². The van der Waals surface area contributed by atoms with E-state index in [2.05, 4.69) is 5.32 Å². The first-order chi connectivity index (χ1) is 10.1. The average Bonchev–Trinajstić information content (AvgIpc) is 2.45. The van der Waals surface area contributed by atoms with Crippen molar-refractivity contribution in [2.24, 2.45) is 11.7 Å². The molecule has 3 rings (SSSR count). The molecule has 3 N–H and O–H groups in total. The molecule has 5 heteroatoms. The molecule has 2 aliphatic rings. The second-order valence-electron chi connectivity index (χ2n) is 6.36. The minimum absolute atomic E-state index is 0.178. The highest BCUT2D eigenvalue weighted by Crippen LogP contribution is 2.37. The fraction of sp³-hybridized carbons (Fsp3) is 0.625. The first kappa shape index (κ1) is 15.0. The number of nitrogens with one attached hydrogen (secondary N) is 1. The Hall–Kier alpha value is -0.910. The Morgan fingerprint density at radius 1 is 1.29 bits per heavy atom. The zero-order valence-corrected chi connectivity index (χ0v) is 13.2. The van der Waals surface area contributed by atoms with Gasteiger partial charge in [-0.2, -0.15) is 0 Å². The van der Waals surface area contributed by atoms with Crippen molar-refractivity contribution in [3.8, 4) is 0 Å². The summed E-state index contributed by atoms with van der Waals surface area (Å²) in [6.45, 7) is 1.35. The van der Waals surface area contributed by atoms with Gasteiger partial charge in [0.15, 0.2) is 9.84 Å². The SMILES string of the molecule is NCC1(NCCC2CCC2)CCS(=O)(=O)c2ccccc21. The van der Waals surface area contributed by atoms with Crippen LogP contribution in [0.1, 0.15) is 37.7 Å². The second-order valence-corrected chi connectivity index (χ2v) is 8.44. The molecule has 1 fully saturated rings. The molecule has 0 radical (unpaired) electrons. The van der Waals surface area contributed by atoms with Crippen LogP contribution in [0.5, 0.6) is 0 Å². The van der Waals surface area contributed by atoms with Crippen LogP contribution in [0.15, 0.2) is 29.2 Å². The van der Waals surface area contributed by atoms with E-state index in [4.69, 9.17) is 5.73 Å². The van der Waals surface area contributed by atoms with Crippen molar-refractivity contribution in [1.82, 2.24) is 5.32 Å². The van der Waals surface area contributed by atoms with Crippen LogP contribution in [0.25, 0.3) is 0 Å². The molecule has 1 heterocycles. The molecule has 1 aromatic carbocycles. The highest BCUT2D eigenvalue weighted by atomic mass is 32.2. The van der Waals surface area contributed by atoms with E-state index in [-0.39, 0.29) is 11.3 Å². The van der Waals surface area contributed by atoms with Crippen LogP contribution in [0, 0.1) is 5.92 Å². The van der Waals surface area contributed by atoms with E-state index >= 15 is 0 Å². The lowest BCUT2D eigenvalue weighted by Crippen LogP contribution is -2.52. The van der Waals surface area contributed by atoms with Gasteiger partial charge in [-0.05, 0) is 36.9 Å². The number of sulfone groups is 1. The lowest BCUT2D eigenvalue weighted by molar-refractivity contribution is 0.257. The molecule has 0 amide bonds. The van der Waals surface area contributed by atoms with Crippen molar-refractivity contribution in [1.29, 1.82) is 0 Å². The number of rotatable bonds is 5. The van der Waals surface area contributed by atoms with Gasteiger partial charge < -0.3 is 11.1 Å². The van der Waals surface area contributed by atoms with Gasteiger partial charge in [-0.1, -0.05) is 37.5 Å². The van der Waals surface area contributed by atoms with Crippen LogP contribution in [0.3, 0.4) is 0 Å². The van der Waals surface area contributed by atoms with Gasteiger partial charge in [-0.3, -0.25) is 0 Å². The topological polar surface area (TPSA) is 72.2 Å². The summed E-state index contributed by atoms with van der Waals surface area (Å²) in [6, 6.07) is 7.31. The van der Waals surface area contributed by atoms with Gasteiger partial charge >= 0.3 is 0 Å².